The van der Waals surface area contributed by atoms with Crippen LogP contribution in [0.1, 0.15) is 6.92 Å². The number of thioether (sulfide) groups is 1. The highest BCUT2D eigenvalue weighted by Gasteiger charge is 2.15. The van der Waals surface area contributed by atoms with Crippen molar-refractivity contribution < 1.29 is 4.79 Å². The molecule has 0 spiro atoms. The normalized spacial score (nSPS) is 10.9. The van der Waals surface area contributed by atoms with Crippen LogP contribution in [0.25, 0.3) is 20.7 Å². The summed E-state index contributed by atoms with van der Waals surface area (Å²) in [5.74, 6) is 0.0520. The number of hydrogen-bond acceptors (Lipinski definition) is 5. The van der Waals surface area contributed by atoms with Crippen molar-refractivity contribution in [1.29, 1.82) is 0 Å². The Kier molecular flexibility index (Phi) is 5.78. The van der Waals surface area contributed by atoms with E-state index in [4.69, 9.17) is 0 Å². The number of benzene rings is 2. The lowest BCUT2D eigenvalue weighted by atomic mass is 10.2. The number of fused-ring (bicyclic) bond motifs is 1. The SMILES string of the molecule is CCn1c(SCC(=O)Nc2ccccc2)nc2cc(-c3ccccc3)sc2c1=O. The minimum atomic E-state index is -0.131. The van der Waals surface area contributed by atoms with Gasteiger partial charge in [0, 0.05) is 17.1 Å². The molecule has 1 amide bonds. The molecule has 2 heterocycles. The zero-order valence-electron chi connectivity index (χ0n) is 15.8. The molecule has 0 fully saturated rings. The van der Waals surface area contributed by atoms with Crippen molar-refractivity contribution >= 4 is 44.9 Å². The molecule has 4 rings (SSSR count). The maximum Gasteiger partial charge on any atom is 0.272 e. The number of rotatable bonds is 6. The van der Waals surface area contributed by atoms with E-state index < -0.39 is 0 Å². The van der Waals surface area contributed by atoms with Crippen LogP contribution in [0, 0.1) is 0 Å². The first-order valence-corrected chi connectivity index (χ1v) is 11.0. The summed E-state index contributed by atoms with van der Waals surface area (Å²) in [7, 11) is 0. The largest absolute Gasteiger partial charge is 0.325 e. The van der Waals surface area contributed by atoms with Gasteiger partial charge in [0.2, 0.25) is 5.91 Å². The highest BCUT2D eigenvalue weighted by molar-refractivity contribution is 7.99. The van der Waals surface area contributed by atoms with Crippen LogP contribution in [-0.4, -0.2) is 21.2 Å². The zero-order chi connectivity index (χ0) is 20.2. The van der Waals surface area contributed by atoms with Gasteiger partial charge in [0.25, 0.3) is 5.56 Å². The molecule has 2 aromatic heterocycles. The van der Waals surface area contributed by atoms with Crippen LogP contribution in [0.4, 0.5) is 5.69 Å². The van der Waals surface area contributed by atoms with Crippen molar-refractivity contribution in [2.24, 2.45) is 0 Å². The Morgan fingerprint density at radius 1 is 1.10 bits per heavy atom. The number of anilines is 1. The number of nitrogens with one attached hydrogen (secondary N) is 1. The second kappa shape index (κ2) is 8.63. The molecular weight excluding hydrogens is 402 g/mol. The second-order valence-corrected chi connectivity index (χ2v) is 8.33. The van der Waals surface area contributed by atoms with Crippen molar-refractivity contribution in [1.82, 2.24) is 9.55 Å². The Hall–Kier alpha value is -2.90. The third-order valence-corrected chi connectivity index (χ3v) is 6.50. The van der Waals surface area contributed by atoms with Crippen LogP contribution in [0.5, 0.6) is 0 Å². The van der Waals surface area contributed by atoms with Gasteiger partial charge in [-0.2, -0.15) is 0 Å². The second-order valence-electron chi connectivity index (χ2n) is 6.34. The Balaban J connectivity index is 1.60. The minimum absolute atomic E-state index is 0.0596. The highest BCUT2D eigenvalue weighted by Crippen LogP contribution is 2.31. The molecule has 7 heteroatoms. The lowest BCUT2D eigenvalue weighted by Gasteiger charge is -2.09. The van der Waals surface area contributed by atoms with Gasteiger partial charge in [-0.25, -0.2) is 4.98 Å². The monoisotopic (exact) mass is 421 g/mol. The first-order valence-electron chi connectivity index (χ1n) is 9.23. The van der Waals surface area contributed by atoms with Gasteiger partial charge in [-0.3, -0.25) is 14.2 Å². The first kappa shape index (κ1) is 19.4. The molecule has 0 unspecified atom stereocenters. The van der Waals surface area contributed by atoms with Gasteiger partial charge >= 0.3 is 0 Å². The molecule has 1 N–H and O–H groups in total. The van der Waals surface area contributed by atoms with E-state index in [0.717, 1.165) is 16.1 Å². The lowest BCUT2D eigenvalue weighted by molar-refractivity contribution is -0.113. The Labute approximate surface area is 176 Å². The lowest BCUT2D eigenvalue weighted by Crippen LogP contribution is -2.22. The van der Waals surface area contributed by atoms with Crippen molar-refractivity contribution in [2.45, 2.75) is 18.6 Å². The Bertz CT molecular complexity index is 1200. The van der Waals surface area contributed by atoms with E-state index in [1.807, 2.05) is 73.7 Å². The van der Waals surface area contributed by atoms with Crippen LogP contribution >= 0.6 is 23.1 Å². The summed E-state index contributed by atoms with van der Waals surface area (Å²) in [4.78, 5) is 31.0. The summed E-state index contributed by atoms with van der Waals surface area (Å²) in [5.41, 5.74) is 2.43. The van der Waals surface area contributed by atoms with Gasteiger partial charge in [0.1, 0.15) is 4.70 Å². The van der Waals surface area contributed by atoms with Gasteiger partial charge in [0.15, 0.2) is 5.16 Å². The van der Waals surface area contributed by atoms with Gasteiger partial charge in [-0.05, 0) is 30.7 Å². The number of thiophene rings is 1. The summed E-state index contributed by atoms with van der Waals surface area (Å²) in [6.45, 7) is 2.41. The third-order valence-electron chi connectivity index (χ3n) is 4.36. The van der Waals surface area contributed by atoms with Gasteiger partial charge in [-0.15, -0.1) is 11.3 Å². The Morgan fingerprint density at radius 2 is 1.79 bits per heavy atom. The number of nitrogens with zero attached hydrogens (tertiary/aromatic N) is 2. The average Bonchev–Trinajstić information content (AvgIpc) is 3.18. The molecule has 0 aliphatic rings. The maximum absolute atomic E-state index is 13.0. The van der Waals surface area contributed by atoms with Gasteiger partial charge in [-0.1, -0.05) is 60.3 Å². The number of aromatic nitrogens is 2. The van der Waals surface area contributed by atoms with Crippen LogP contribution in [0.3, 0.4) is 0 Å². The summed E-state index contributed by atoms with van der Waals surface area (Å²) in [6, 6.07) is 21.2. The van der Waals surface area contributed by atoms with Crippen LogP contribution in [-0.2, 0) is 11.3 Å². The van der Waals surface area contributed by atoms with E-state index in [1.54, 1.807) is 4.57 Å². The van der Waals surface area contributed by atoms with Crippen molar-refractivity contribution in [3.05, 3.63) is 77.1 Å². The molecule has 0 atom stereocenters. The number of carbonyl (C=O) groups is 1. The standard InChI is InChI=1S/C22H19N3O2S2/c1-2-25-21(27)20-17(13-18(29-20)15-9-5-3-6-10-15)24-22(25)28-14-19(26)23-16-11-7-4-8-12-16/h3-13H,2,14H2,1H3,(H,23,26). The molecule has 0 saturated heterocycles. The molecule has 0 aliphatic heterocycles. The zero-order valence-corrected chi connectivity index (χ0v) is 17.4. The molecule has 4 aromatic rings. The van der Waals surface area contributed by atoms with Crippen molar-refractivity contribution in [3.63, 3.8) is 0 Å². The molecule has 0 aliphatic carbocycles. The number of para-hydroxylation sites is 1. The topological polar surface area (TPSA) is 64.0 Å². The summed E-state index contributed by atoms with van der Waals surface area (Å²) < 4.78 is 2.28. The highest BCUT2D eigenvalue weighted by atomic mass is 32.2. The van der Waals surface area contributed by atoms with Crippen LogP contribution in [0.15, 0.2) is 76.7 Å². The van der Waals surface area contributed by atoms with E-state index in [-0.39, 0.29) is 17.2 Å². The van der Waals surface area contributed by atoms with Gasteiger partial charge < -0.3 is 5.32 Å². The molecular formula is C22H19N3O2S2. The molecule has 5 nitrogen and oxygen atoms in total. The van der Waals surface area contributed by atoms with Crippen LogP contribution < -0.4 is 10.9 Å². The molecule has 0 radical (unpaired) electrons. The molecule has 29 heavy (non-hydrogen) atoms. The van der Waals surface area contributed by atoms with Crippen LogP contribution in [0.2, 0.25) is 0 Å². The predicted octanol–water partition coefficient (Wildman–Crippen LogP) is 4.88. The van der Waals surface area contributed by atoms with E-state index in [0.29, 0.717) is 21.9 Å². The summed E-state index contributed by atoms with van der Waals surface area (Å²) in [5, 5.41) is 3.41. The van der Waals surface area contributed by atoms with E-state index in [9.17, 15) is 9.59 Å². The summed E-state index contributed by atoms with van der Waals surface area (Å²) >= 11 is 2.73. The van der Waals surface area contributed by atoms with Gasteiger partial charge in [0.05, 0.1) is 11.3 Å². The number of carbonyl (C=O) groups excluding carboxylic acids is 1. The molecule has 0 bridgehead atoms. The van der Waals surface area contributed by atoms with E-state index in [1.165, 1.54) is 23.1 Å². The van der Waals surface area contributed by atoms with Crippen molar-refractivity contribution in [3.8, 4) is 10.4 Å². The quantitative estimate of drug-likeness (QED) is 0.356. The average molecular weight is 422 g/mol. The number of hydrogen-bond donors (Lipinski definition) is 1. The maximum atomic E-state index is 13.0. The molecule has 146 valence electrons. The molecule has 2 aromatic carbocycles. The number of amides is 1. The van der Waals surface area contributed by atoms with E-state index >= 15 is 0 Å². The molecule has 0 saturated carbocycles. The fourth-order valence-electron chi connectivity index (χ4n) is 2.97. The fourth-order valence-corrected chi connectivity index (χ4v) is 4.89. The van der Waals surface area contributed by atoms with E-state index in [2.05, 4.69) is 10.3 Å². The minimum Gasteiger partial charge on any atom is -0.325 e. The smallest absolute Gasteiger partial charge is 0.272 e. The fraction of sp³-hybridized carbons (Fsp3) is 0.136. The third kappa shape index (κ3) is 4.26. The Morgan fingerprint density at radius 3 is 2.48 bits per heavy atom. The van der Waals surface area contributed by atoms with Crippen molar-refractivity contribution in [2.75, 3.05) is 11.1 Å². The summed E-state index contributed by atoms with van der Waals surface area (Å²) in [6.07, 6.45) is 0. The predicted molar refractivity (Wildman–Crippen MR) is 121 cm³/mol. The first-order chi connectivity index (χ1) is 14.2.